The van der Waals surface area contributed by atoms with E-state index in [0.717, 1.165) is 23.5 Å². The van der Waals surface area contributed by atoms with Gasteiger partial charge in [-0.15, -0.1) is 0 Å². The zero-order chi connectivity index (χ0) is 19.0. The van der Waals surface area contributed by atoms with Crippen molar-refractivity contribution in [2.75, 3.05) is 5.32 Å². The van der Waals surface area contributed by atoms with E-state index in [0.29, 0.717) is 12.5 Å². The molecule has 1 saturated carbocycles. The number of carbonyl (C=O) groups is 1. The Kier molecular flexibility index (Phi) is 4.56. The van der Waals surface area contributed by atoms with E-state index in [-0.39, 0.29) is 11.8 Å². The fraction of sp³-hybridized carbons (Fsp3) is 0.304. The maximum absolute atomic E-state index is 12.7. The van der Waals surface area contributed by atoms with Crippen LogP contribution in [0.5, 0.6) is 0 Å². The molecule has 1 amide bonds. The Morgan fingerprint density at radius 2 is 1.78 bits per heavy atom. The fourth-order valence-electron chi connectivity index (χ4n) is 3.75. The minimum atomic E-state index is 0.0610. The molecule has 1 heterocycles. The molecule has 1 aliphatic rings. The first-order valence-electron chi connectivity index (χ1n) is 9.49. The van der Waals surface area contributed by atoms with Gasteiger partial charge in [0, 0.05) is 5.92 Å². The molecule has 1 fully saturated rings. The predicted molar refractivity (Wildman–Crippen MR) is 108 cm³/mol. The van der Waals surface area contributed by atoms with Crippen molar-refractivity contribution >= 4 is 11.6 Å². The Morgan fingerprint density at radius 1 is 1.07 bits per heavy atom. The zero-order valence-corrected chi connectivity index (χ0v) is 16.1. The second-order valence-corrected chi connectivity index (χ2v) is 7.48. The minimum absolute atomic E-state index is 0.0610. The normalized spacial score (nSPS) is 18.3. The summed E-state index contributed by atoms with van der Waals surface area (Å²) in [7, 11) is 0. The Hall–Kier alpha value is -2.88. The second kappa shape index (κ2) is 7.03. The number of nitrogens with one attached hydrogen (secondary N) is 1. The first kappa shape index (κ1) is 17.5. The van der Waals surface area contributed by atoms with Gasteiger partial charge in [-0.25, -0.2) is 0 Å². The van der Waals surface area contributed by atoms with Gasteiger partial charge in [0.2, 0.25) is 5.91 Å². The van der Waals surface area contributed by atoms with E-state index in [4.69, 9.17) is 0 Å². The van der Waals surface area contributed by atoms with Gasteiger partial charge in [0.25, 0.3) is 0 Å². The van der Waals surface area contributed by atoms with Crippen LogP contribution >= 0.6 is 0 Å². The van der Waals surface area contributed by atoms with Gasteiger partial charge in [0.15, 0.2) is 0 Å². The molecule has 3 aromatic rings. The second-order valence-electron chi connectivity index (χ2n) is 7.48. The number of amides is 1. The third-order valence-corrected chi connectivity index (χ3v) is 5.57. The van der Waals surface area contributed by atoms with Crippen LogP contribution < -0.4 is 5.32 Å². The molecule has 1 aliphatic carbocycles. The molecule has 1 N–H and O–H groups in total. The maximum atomic E-state index is 12.7. The number of carbonyl (C=O) groups excluding carboxylic acids is 1. The van der Waals surface area contributed by atoms with E-state index in [1.165, 1.54) is 16.7 Å². The minimum Gasteiger partial charge on any atom is -0.323 e. The van der Waals surface area contributed by atoms with E-state index in [9.17, 15) is 4.79 Å². The van der Waals surface area contributed by atoms with Crippen molar-refractivity contribution < 1.29 is 4.79 Å². The molecule has 1 aromatic heterocycles. The SMILES string of the molecule is Cc1ccccc1Cn1nc(C)c(NC(=O)[C@H]2C[C@@H]2c2ccccc2)c1C. The average Bonchev–Trinajstić information content (AvgIpc) is 3.43. The summed E-state index contributed by atoms with van der Waals surface area (Å²) in [6, 6.07) is 18.6. The highest BCUT2D eigenvalue weighted by atomic mass is 16.2. The molecule has 2 atom stereocenters. The van der Waals surface area contributed by atoms with Gasteiger partial charge in [-0.2, -0.15) is 5.10 Å². The van der Waals surface area contributed by atoms with Crippen LogP contribution in [-0.4, -0.2) is 15.7 Å². The molecule has 0 aliphatic heterocycles. The topological polar surface area (TPSA) is 46.9 Å². The van der Waals surface area contributed by atoms with Gasteiger partial charge >= 0.3 is 0 Å². The quantitative estimate of drug-likeness (QED) is 0.724. The standard InChI is InChI=1S/C23H25N3O/c1-15-9-7-8-12-19(15)14-26-17(3)22(16(2)25-26)24-23(27)21-13-20(21)18-10-5-4-6-11-18/h4-12,20-21H,13-14H2,1-3H3,(H,24,27)/t20-,21+/m1/s1. The van der Waals surface area contributed by atoms with Gasteiger partial charge in [-0.05, 0) is 49.8 Å². The molecule has 4 nitrogen and oxygen atoms in total. The molecular formula is C23H25N3O. The maximum Gasteiger partial charge on any atom is 0.228 e. The van der Waals surface area contributed by atoms with Crippen molar-refractivity contribution in [2.45, 2.75) is 39.7 Å². The first-order chi connectivity index (χ1) is 13.0. The van der Waals surface area contributed by atoms with Crippen LogP contribution in [0, 0.1) is 26.7 Å². The van der Waals surface area contributed by atoms with Gasteiger partial charge in [0.05, 0.1) is 23.6 Å². The number of hydrogen-bond acceptors (Lipinski definition) is 2. The first-order valence-corrected chi connectivity index (χ1v) is 9.49. The monoisotopic (exact) mass is 359 g/mol. The molecule has 27 heavy (non-hydrogen) atoms. The van der Waals surface area contributed by atoms with Crippen LogP contribution in [0.4, 0.5) is 5.69 Å². The van der Waals surface area contributed by atoms with E-state index in [2.05, 4.69) is 41.6 Å². The van der Waals surface area contributed by atoms with Crippen molar-refractivity contribution in [3.63, 3.8) is 0 Å². The lowest BCUT2D eigenvalue weighted by atomic mass is 10.1. The summed E-state index contributed by atoms with van der Waals surface area (Å²) in [5.74, 6) is 0.505. The van der Waals surface area contributed by atoms with Gasteiger partial charge in [-0.3, -0.25) is 9.48 Å². The van der Waals surface area contributed by atoms with Crippen molar-refractivity contribution in [1.82, 2.24) is 9.78 Å². The Bertz CT molecular complexity index is 975. The van der Waals surface area contributed by atoms with E-state index < -0.39 is 0 Å². The fourth-order valence-corrected chi connectivity index (χ4v) is 3.75. The van der Waals surface area contributed by atoms with Crippen molar-refractivity contribution in [1.29, 1.82) is 0 Å². The van der Waals surface area contributed by atoms with Gasteiger partial charge in [0.1, 0.15) is 0 Å². The average molecular weight is 359 g/mol. The van der Waals surface area contributed by atoms with Gasteiger partial charge < -0.3 is 5.32 Å². The van der Waals surface area contributed by atoms with Crippen LogP contribution in [0.3, 0.4) is 0 Å². The van der Waals surface area contributed by atoms with Crippen LogP contribution in [0.25, 0.3) is 0 Å². The van der Waals surface area contributed by atoms with E-state index in [1.807, 2.05) is 48.9 Å². The Morgan fingerprint density at radius 3 is 2.52 bits per heavy atom. The molecule has 0 spiro atoms. The van der Waals surface area contributed by atoms with Crippen LogP contribution in [0.15, 0.2) is 54.6 Å². The predicted octanol–water partition coefficient (Wildman–Crippen LogP) is 4.60. The molecule has 0 bridgehead atoms. The molecule has 4 rings (SSSR count). The Labute approximate surface area is 160 Å². The van der Waals surface area contributed by atoms with E-state index >= 15 is 0 Å². The lowest BCUT2D eigenvalue weighted by Gasteiger charge is -2.09. The third-order valence-electron chi connectivity index (χ3n) is 5.57. The molecule has 0 saturated heterocycles. The molecule has 4 heteroatoms. The highest BCUT2D eigenvalue weighted by Gasteiger charge is 2.44. The molecular weight excluding hydrogens is 334 g/mol. The molecule has 0 radical (unpaired) electrons. The lowest BCUT2D eigenvalue weighted by Crippen LogP contribution is -2.16. The zero-order valence-electron chi connectivity index (χ0n) is 16.1. The van der Waals surface area contributed by atoms with Gasteiger partial charge in [-0.1, -0.05) is 54.6 Å². The largest absolute Gasteiger partial charge is 0.323 e. The number of rotatable bonds is 5. The summed E-state index contributed by atoms with van der Waals surface area (Å²) in [4.78, 5) is 12.7. The van der Waals surface area contributed by atoms with Crippen molar-refractivity contribution in [3.8, 4) is 0 Å². The summed E-state index contributed by atoms with van der Waals surface area (Å²) in [5, 5.41) is 7.80. The molecule has 138 valence electrons. The number of nitrogens with zero attached hydrogens (tertiary/aromatic N) is 2. The smallest absolute Gasteiger partial charge is 0.228 e. The lowest BCUT2D eigenvalue weighted by molar-refractivity contribution is -0.117. The number of benzene rings is 2. The summed E-state index contributed by atoms with van der Waals surface area (Å²) in [5.41, 5.74) is 6.47. The van der Waals surface area contributed by atoms with Crippen LogP contribution in [-0.2, 0) is 11.3 Å². The molecule has 0 unspecified atom stereocenters. The summed E-state index contributed by atoms with van der Waals surface area (Å²) < 4.78 is 1.98. The van der Waals surface area contributed by atoms with Crippen LogP contribution in [0.1, 0.15) is 40.4 Å². The summed E-state index contributed by atoms with van der Waals surface area (Å²) >= 11 is 0. The van der Waals surface area contributed by atoms with Crippen LogP contribution in [0.2, 0.25) is 0 Å². The van der Waals surface area contributed by atoms with E-state index in [1.54, 1.807) is 0 Å². The Balaban J connectivity index is 1.48. The third kappa shape index (κ3) is 3.52. The van der Waals surface area contributed by atoms with Crippen molar-refractivity contribution in [2.24, 2.45) is 5.92 Å². The molecule has 2 aromatic carbocycles. The number of aromatic nitrogens is 2. The summed E-state index contributed by atoms with van der Waals surface area (Å²) in [6.07, 6.45) is 0.922. The number of anilines is 1. The summed E-state index contributed by atoms with van der Waals surface area (Å²) in [6.45, 7) is 6.81. The number of aryl methyl sites for hydroxylation is 2. The number of hydrogen-bond donors (Lipinski definition) is 1. The highest BCUT2D eigenvalue weighted by molar-refractivity contribution is 5.96. The highest BCUT2D eigenvalue weighted by Crippen LogP contribution is 2.48. The van der Waals surface area contributed by atoms with Crippen molar-refractivity contribution in [3.05, 3.63) is 82.7 Å².